The number of rotatable bonds is 0. The molecule has 0 saturated heterocycles. The lowest BCUT2D eigenvalue weighted by Gasteiger charge is -2.33. The van der Waals surface area contributed by atoms with Crippen LogP contribution in [0.5, 0.6) is 0 Å². The van der Waals surface area contributed by atoms with Gasteiger partial charge in [0.25, 0.3) is 28.8 Å². The molecule has 0 atom stereocenters. The van der Waals surface area contributed by atoms with Crippen molar-refractivity contribution >= 4 is 74.3 Å². The molecule has 87 heavy (non-hydrogen) atoms. The van der Waals surface area contributed by atoms with Crippen molar-refractivity contribution in [3.8, 4) is 0 Å². The molecule has 446 valence electrons. The molecule has 14 rings (SSSR count). The fourth-order valence-electron chi connectivity index (χ4n) is 9.85. The van der Waals surface area contributed by atoms with Crippen LogP contribution in [0.4, 0.5) is 21.9 Å². The van der Waals surface area contributed by atoms with Gasteiger partial charge in [-0.05, 0) is 94.7 Å². The number of amides is 7. The Bertz CT molecular complexity index is 3900. The summed E-state index contributed by atoms with van der Waals surface area (Å²) in [4.78, 5) is 106. The van der Waals surface area contributed by atoms with E-state index in [1.807, 2.05) is 160 Å². The van der Waals surface area contributed by atoms with Gasteiger partial charge in [-0.3, -0.25) is 38.5 Å². The van der Waals surface area contributed by atoms with Crippen molar-refractivity contribution in [1.29, 1.82) is 0 Å². The predicted molar refractivity (Wildman–Crippen MR) is 340 cm³/mol. The number of hydrogen-bond acceptors (Lipinski definition) is 10. The molecule has 2 aromatic heterocycles. The van der Waals surface area contributed by atoms with Gasteiger partial charge in [-0.15, -0.1) is 0 Å². The minimum atomic E-state index is -0.0539. The number of anilines is 3. The van der Waals surface area contributed by atoms with E-state index in [4.69, 9.17) is 0 Å². The molecule has 0 fully saturated rings. The average molecular weight is 1170 g/mol. The first-order chi connectivity index (χ1) is 41.8. The largest absolute Gasteiger partial charge is 0.367 e. The summed E-state index contributed by atoms with van der Waals surface area (Å²) in [5.41, 5.74) is 10.4. The Labute approximate surface area is 505 Å². The monoisotopic (exact) mass is 1170 g/mol. The Balaban J connectivity index is 0.000000132. The summed E-state index contributed by atoms with van der Waals surface area (Å²) in [6.45, 7) is 4.72. The first kappa shape index (κ1) is 62.4. The van der Waals surface area contributed by atoms with Crippen LogP contribution in [-0.2, 0) is 49.6 Å². The van der Waals surface area contributed by atoms with E-state index in [1.165, 1.54) is 45.0 Å². The lowest BCUT2D eigenvalue weighted by molar-refractivity contribution is -0.130. The third kappa shape index (κ3) is 15.4. The Morgan fingerprint density at radius 3 is 1.74 bits per heavy atom. The lowest BCUT2D eigenvalue weighted by atomic mass is 10.00. The maximum atomic E-state index is 11.8. The number of urea groups is 1. The maximum Gasteiger partial charge on any atom is 0.321 e. The molecule has 5 aliphatic rings. The molecule has 7 heterocycles. The van der Waals surface area contributed by atoms with Crippen LogP contribution >= 0.6 is 0 Å². The van der Waals surface area contributed by atoms with Crippen molar-refractivity contribution in [1.82, 2.24) is 38.6 Å². The van der Waals surface area contributed by atoms with Crippen LogP contribution in [0.3, 0.4) is 0 Å². The molecule has 19 nitrogen and oxygen atoms in total. The summed E-state index contributed by atoms with van der Waals surface area (Å²) in [5, 5.41) is 8.39. The molecule has 0 unspecified atom stereocenters. The Kier molecular flexibility index (Phi) is 20.6. The maximum absolute atomic E-state index is 11.8. The molecule has 0 bridgehead atoms. The normalized spacial score (nSPS) is 14.2. The smallest absolute Gasteiger partial charge is 0.321 e. The summed E-state index contributed by atoms with van der Waals surface area (Å²) >= 11 is 0. The summed E-state index contributed by atoms with van der Waals surface area (Å²) in [6.07, 6.45) is 4.86. The fourth-order valence-corrected chi connectivity index (χ4v) is 9.85. The van der Waals surface area contributed by atoms with E-state index in [2.05, 4.69) is 21.7 Å². The first-order valence-electron chi connectivity index (χ1n) is 28.2. The predicted octanol–water partition coefficient (Wildman–Crippen LogP) is 8.88. The van der Waals surface area contributed by atoms with Gasteiger partial charge in [0.05, 0.1) is 47.1 Å². The Hall–Kier alpha value is -10.7. The van der Waals surface area contributed by atoms with E-state index in [0.29, 0.717) is 42.9 Å². The van der Waals surface area contributed by atoms with Crippen molar-refractivity contribution in [3.05, 3.63) is 248 Å². The van der Waals surface area contributed by atoms with Crippen LogP contribution in [0.1, 0.15) is 60.3 Å². The molecule has 0 spiro atoms. The zero-order chi connectivity index (χ0) is 62.3. The van der Waals surface area contributed by atoms with E-state index in [0.717, 1.165) is 58.3 Å². The molecule has 0 saturated carbocycles. The van der Waals surface area contributed by atoms with Crippen molar-refractivity contribution < 1.29 is 28.8 Å². The SMILES string of the molecule is CC(=O)N1CN(C)C(=O)c2ccccc21.CN1CCc2ccccc2C1=O.CN1CNc2ccccc2C1=O.CN1Cc2ccccc2CC1=O.CN1Cc2ccccc2NC1=O.Cn1ccc2ccccc2c1=O.Cn1cnc2ccccc2c1=O. The molecule has 7 amide bonds. The van der Waals surface area contributed by atoms with Crippen LogP contribution in [0.15, 0.2) is 198 Å². The van der Waals surface area contributed by atoms with E-state index >= 15 is 0 Å². The number of carbonyl (C=O) groups is 6. The molecule has 0 aliphatic carbocycles. The summed E-state index contributed by atoms with van der Waals surface area (Å²) in [6, 6.07) is 55.3. The standard InChI is InChI=1S/C11H12N2O2.2C10H11NO.C10H9NO.C9H10N2O.C9H8N2O.C9H10N2O/c1-8(14)13-7-12(2)11(15)9-5-3-4-6-10(9)13;1-11-7-9-5-3-2-4-8(9)6-10(11)12;2*1-11-7-6-8-4-2-3-5-9(8)10(11)12;2*1-11-6-10-8-5-3-2-4-7(8)9(11)12;1-11-6-7-4-2-3-5-8(7)10-9(11)12/h3-6H,7H2,1-2H3;2*2-5H,6-7H2,1H3;2-7H,1H3;2-5,10H,6H2,1H3;2-6H,1H3;2-5H,6H2,1H3,(H,10,12). The van der Waals surface area contributed by atoms with Crippen LogP contribution < -0.4 is 26.7 Å². The molecular weight excluding hydrogens is 1100 g/mol. The number of aromatic nitrogens is 3. The van der Waals surface area contributed by atoms with Gasteiger partial charge in [0.2, 0.25) is 11.8 Å². The highest BCUT2D eigenvalue weighted by Gasteiger charge is 2.28. The molecule has 2 N–H and O–H groups in total. The average Bonchev–Trinajstić information content (AvgIpc) is 3.64. The van der Waals surface area contributed by atoms with Crippen LogP contribution in [0.2, 0.25) is 0 Å². The van der Waals surface area contributed by atoms with Crippen molar-refractivity contribution in [2.45, 2.75) is 32.9 Å². The van der Waals surface area contributed by atoms with Gasteiger partial charge in [-0.2, -0.15) is 0 Å². The number of aryl methyl sites for hydroxylation is 2. The quantitative estimate of drug-likeness (QED) is 0.148. The van der Waals surface area contributed by atoms with Gasteiger partial charge < -0.3 is 44.3 Å². The number of hydrogen-bond donors (Lipinski definition) is 2. The van der Waals surface area contributed by atoms with E-state index in [9.17, 15) is 38.4 Å². The van der Waals surface area contributed by atoms with Gasteiger partial charge in [-0.25, -0.2) is 9.78 Å². The van der Waals surface area contributed by atoms with Crippen molar-refractivity contribution in [2.75, 3.05) is 70.7 Å². The highest BCUT2D eigenvalue weighted by molar-refractivity contribution is 6.07. The summed E-state index contributed by atoms with van der Waals surface area (Å²) in [7, 11) is 12.4. The molecule has 5 aliphatic heterocycles. The van der Waals surface area contributed by atoms with E-state index < -0.39 is 0 Å². The Morgan fingerprint density at radius 2 is 1.01 bits per heavy atom. The second-order valence-corrected chi connectivity index (χ2v) is 21.3. The van der Waals surface area contributed by atoms with E-state index in [1.54, 1.807) is 94.8 Å². The van der Waals surface area contributed by atoms with E-state index in [-0.39, 0.29) is 46.7 Å². The third-order valence-corrected chi connectivity index (χ3v) is 14.9. The minimum Gasteiger partial charge on any atom is -0.367 e. The Morgan fingerprint density at radius 1 is 0.471 bits per heavy atom. The highest BCUT2D eigenvalue weighted by Crippen LogP contribution is 2.27. The number of nitrogens with one attached hydrogen (secondary N) is 2. The number of para-hydroxylation sites is 4. The number of carbonyl (C=O) groups excluding carboxylic acids is 6. The van der Waals surface area contributed by atoms with Gasteiger partial charge in [0, 0.05) is 104 Å². The molecular formula is C68H71N11O8. The third-order valence-electron chi connectivity index (χ3n) is 14.9. The first-order valence-corrected chi connectivity index (χ1v) is 28.2. The number of pyridine rings is 1. The van der Waals surface area contributed by atoms with Gasteiger partial charge in [0.15, 0.2) is 0 Å². The fraction of sp³-hybridized carbons (Fsp3) is 0.221. The van der Waals surface area contributed by atoms with Crippen LogP contribution in [-0.4, -0.2) is 129 Å². The number of likely N-dealkylation sites (N-methyl/N-ethyl adjacent to an activating group) is 2. The molecule has 9 aromatic rings. The van der Waals surface area contributed by atoms with Crippen LogP contribution in [0, 0.1) is 0 Å². The van der Waals surface area contributed by atoms with Gasteiger partial charge in [-0.1, -0.05) is 115 Å². The van der Waals surface area contributed by atoms with Crippen molar-refractivity contribution in [2.24, 2.45) is 14.1 Å². The number of nitrogens with zero attached hydrogens (tertiary/aromatic N) is 9. The number of benzene rings is 7. The molecule has 19 heteroatoms. The zero-order valence-electron chi connectivity index (χ0n) is 50.1. The second kappa shape index (κ2) is 28.7. The van der Waals surface area contributed by atoms with Gasteiger partial charge in [0.1, 0.15) is 6.67 Å². The molecule has 0 radical (unpaired) electrons. The summed E-state index contributed by atoms with van der Waals surface area (Å²) in [5.74, 6) is 0.361. The second-order valence-electron chi connectivity index (χ2n) is 21.3. The number of fused-ring (bicyclic) bond motifs is 7. The van der Waals surface area contributed by atoms with Crippen molar-refractivity contribution in [3.63, 3.8) is 0 Å². The topological polar surface area (TPSA) is 203 Å². The highest BCUT2D eigenvalue weighted by atomic mass is 16.2. The minimum absolute atomic E-state index is 0.000556. The summed E-state index contributed by atoms with van der Waals surface area (Å²) < 4.78 is 3.06. The molecule has 7 aromatic carbocycles. The van der Waals surface area contributed by atoms with Crippen LogP contribution in [0.25, 0.3) is 21.7 Å². The zero-order valence-corrected chi connectivity index (χ0v) is 50.1. The lowest BCUT2D eigenvalue weighted by Crippen LogP contribution is -2.46. The van der Waals surface area contributed by atoms with Gasteiger partial charge >= 0.3 is 6.03 Å².